The molecule has 0 amide bonds. The van der Waals surface area contributed by atoms with Gasteiger partial charge < -0.3 is 9.84 Å². The molecule has 9 heteroatoms. The Bertz CT molecular complexity index is 1570. The first-order chi connectivity index (χ1) is 18.3. The molecule has 4 aromatic rings. The van der Waals surface area contributed by atoms with Gasteiger partial charge in [-0.2, -0.15) is 4.98 Å². The van der Waals surface area contributed by atoms with Gasteiger partial charge in [0, 0.05) is 31.0 Å². The lowest BCUT2D eigenvalue weighted by Crippen LogP contribution is -2.35. The number of hydrogen-bond acceptors (Lipinski definition) is 7. The summed E-state index contributed by atoms with van der Waals surface area (Å²) in [5.74, 6) is -0.490. The molecule has 2 aromatic heterocycles. The van der Waals surface area contributed by atoms with Crippen LogP contribution in [0.5, 0.6) is 5.88 Å². The number of sulfone groups is 1. The maximum Gasteiger partial charge on any atom is 0.277 e. The van der Waals surface area contributed by atoms with Gasteiger partial charge in [0.1, 0.15) is 5.82 Å². The molecule has 0 aliphatic rings. The molecule has 0 spiro atoms. The summed E-state index contributed by atoms with van der Waals surface area (Å²) in [5.41, 5.74) is 2.39. The Labute approximate surface area is 222 Å². The van der Waals surface area contributed by atoms with Gasteiger partial charge in [-0.15, -0.1) is 0 Å². The SMILES string of the molecule is CCCCc1nc(O)c(S(=O)(=O)c2ccc(-c3cccnc3C)cc2)c(=O)n1C(COC)c1ccccc1. The summed E-state index contributed by atoms with van der Waals surface area (Å²) in [5, 5.41) is 10.8. The molecule has 4 rings (SSSR count). The minimum atomic E-state index is -4.40. The van der Waals surface area contributed by atoms with E-state index in [0.29, 0.717) is 18.7 Å². The molecule has 0 fully saturated rings. The number of ether oxygens (including phenoxy) is 1. The van der Waals surface area contributed by atoms with Crippen molar-refractivity contribution in [2.45, 2.75) is 48.9 Å². The number of unbranched alkanes of at least 4 members (excludes halogenated alkanes) is 1. The predicted molar refractivity (Wildman–Crippen MR) is 145 cm³/mol. The molecule has 1 N–H and O–H groups in total. The molecule has 1 unspecified atom stereocenters. The third-order valence-corrected chi connectivity index (χ3v) is 8.24. The molecule has 0 saturated carbocycles. The molecule has 198 valence electrons. The molecule has 2 heterocycles. The molecule has 1 atom stereocenters. The average Bonchev–Trinajstić information content (AvgIpc) is 2.91. The molecule has 0 saturated heterocycles. The molecule has 2 aromatic carbocycles. The Balaban J connectivity index is 1.87. The van der Waals surface area contributed by atoms with Gasteiger partial charge in [0.05, 0.1) is 17.5 Å². The fourth-order valence-corrected chi connectivity index (χ4v) is 5.83. The van der Waals surface area contributed by atoms with Crippen LogP contribution < -0.4 is 5.56 Å². The highest BCUT2D eigenvalue weighted by atomic mass is 32.2. The lowest BCUT2D eigenvalue weighted by molar-refractivity contribution is 0.165. The lowest BCUT2D eigenvalue weighted by Gasteiger charge is -2.24. The van der Waals surface area contributed by atoms with Crippen LogP contribution in [0.15, 0.2) is 87.5 Å². The molecule has 0 aliphatic carbocycles. The lowest BCUT2D eigenvalue weighted by atomic mass is 10.1. The van der Waals surface area contributed by atoms with Crippen molar-refractivity contribution in [1.29, 1.82) is 0 Å². The second-order valence-corrected chi connectivity index (χ2v) is 10.9. The second kappa shape index (κ2) is 11.7. The van der Waals surface area contributed by atoms with Crippen molar-refractivity contribution in [3.63, 3.8) is 0 Å². The largest absolute Gasteiger partial charge is 0.492 e. The van der Waals surface area contributed by atoms with Crippen molar-refractivity contribution >= 4 is 9.84 Å². The van der Waals surface area contributed by atoms with Gasteiger partial charge in [0.2, 0.25) is 15.7 Å². The normalized spacial score (nSPS) is 12.4. The van der Waals surface area contributed by atoms with E-state index in [2.05, 4.69) is 9.97 Å². The number of rotatable bonds is 10. The first-order valence-corrected chi connectivity index (χ1v) is 13.9. The van der Waals surface area contributed by atoms with Crippen molar-refractivity contribution in [1.82, 2.24) is 14.5 Å². The zero-order chi connectivity index (χ0) is 27.3. The van der Waals surface area contributed by atoms with E-state index < -0.39 is 32.2 Å². The summed E-state index contributed by atoms with van der Waals surface area (Å²) in [4.78, 5) is 21.6. The van der Waals surface area contributed by atoms with Crippen molar-refractivity contribution in [3.8, 4) is 17.0 Å². The third kappa shape index (κ3) is 5.39. The summed E-state index contributed by atoms with van der Waals surface area (Å²) >= 11 is 0. The van der Waals surface area contributed by atoms with Crippen molar-refractivity contribution in [3.05, 3.63) is 100 Å². The van der Waals surface area contributed by atoms with Gasteiger partial charge in [-0.05, 0) is 42.7 Å². The van der Waals surface area contributed by atoms with Crippen LogP contribution in [0, 0.1) is 6.92 Å². The van der Waals surface area contributed by atoms with Crippen molar-refractivity contribution in [2.24, 2.45) is 0 Å². The molecular weight excluding hydrogens is 502 g/mol. The quantitative estimate of drug-likeness (QED) is 0.314. The Kier molecular flexibility index (Phi) is 8.38. The number of aromatic hydroxyl groups is 1. The molecule has 8 nitrogen and oxygen atoms in total. The first kappa shape index (κ1) is 27.2. The number of methoxy groups -OCH3 is 1. The molecule has 38 heavy (non-hydrogen) atoms. The van der Waals surface area contributed by atoms with Crippen molar-refractivity contribution < 1.29 is 18.3 Å². The first-order valence-electron chi connectivity index (χ1n) is 12.4. The molecule has 0 radical (unpaired) electrons. The molecule has 0 aliphatic heterocycles. The van der Waals surface area contributed by atoms with E-state index in [9.17, 15) is 18.3 Å². The fourth-order valence-electron chi connectivity index (χ4n) is 4.49. The predicted octanol–water partition coefficient (Wildman–Crippen LogP) is 4.73. The standard InChI is InChI=1S/C29H31N3O5S/c1-4-5-13-26-31-28(33)27(29(34)32(26)25(19-37-3)22-10-7-6-8-11-22)38(35,36)23-16-14-21(15-17-23)24-12-9-18-30-20(24)2/h6-12,14-18,25,33H,4-5,13,19H2,1-3H3. The van der Waals surface area contributed by atoms with Crippen LogP contribution in [0.3, 0.4) is 0 Å². The topological polar surface area (TPSA) is 111 Å². The van der Waals surface area contributed by atoms with Crippen LogP contribution >= 0.6 is 0 Å². The Hall–Kier alpha value is -3.82. The van der Waals surface area contributed by atoms with E-state index >= 15 is 0 Å². The maximum atomic E-state index is 13.9. The monoisotopic (exact) mass is 533 g/mol. The van der Waals surface area contributed by atoms with E-state index in [4.69, 9.17) is 4.74 Å². The van der Waals surface area contributed by atoms with E-state index in [1.54, 1.807) is 18.3 Å². The van der Waals surface area contributed by atoms with Crippen LogP contribution in [0.4, 0.5) is 0 Å². The number of benzene rings is 2. The number of aromatic nitrogens is 3. The van der Waals surface area contributed by atoms with Gasteiger partial charge in [0.25, 0.3) is 5.56 Å². The minimum Gasteiger partial charge on any atom is -0.492 e. The smallest absolute Gasteiger partial charge is 0.277 e. The number of hydrogen-bond donors (Lipinski definition) is 1. The summed E-state index contributed by atoms with van der Waals surface area (Å²) < 4.78 is 34.2. The molecule has 0 bridgehead atoms. The number of pyridine rings is 1. The third-order valence-electron chi connectivity index (χ3n) is 6.45. The van der Waals surface area contributed by atoms with Gasteiger partial charge in [-0.25, -0.2) is 8.42 Å². The van der Waals surface area contributed by atoms with Crippen LogP contribution in [0.1, 0.15) is 42.9 Å². The summed E-state index contributed by atoms with van der Waals surface area (Å²) in [7, 11) is -2.88. The summed E-state index contributed by atoms with van der Waals surface area (Å²) in [6.45, 7) is 3.99. The zero-order valence-electron chi connectivity index (χ0n) is 21.7. The highest BCUT2D eigenvalue weighted by molar-refractivity contribution is 7.91. The van der Waals surface area contributed by atoms with Gasteiger partial charge >= 0.3 is 0 Å². The highest BCUT2D eigenvalue weighted by Crippen LogP contribution is 2.30. The van der Waals surface area contributed by atoms with Gasteiger partial charge in [-0.3, -0.25) is 14.3 Å². The minimum absolute atomic E-state index is 0.118. The fraction of sp³-hybridized carbons (Fsp3) is 0.276. The average molecular weight is 534 g/mol. The maximum absolute atomic E-state index is 13.9. The Morgan fingerprint density at radius 3 is 2.37 bits per heavy atom. The van der Waals surface area contributed by atoms with E-state index in [-0.39, 0.29) is 11.5 Å². The number of aryl methyl sites for hydroxylation is 2. The number of nitrogens with zero attached hydrogens (tertiary/aromatic N) is 3. The van der Waals surface area contributed by atoms with Gasteiger partial charge in [0.15, 0.2) is 4.90 Å². The Morgan fingerprint density at radius 1 is 1.03 bits per heavy atom. The van der Waals surface area contributed by atoms with E-state index in [0.717, 1.165) is 28.8 Å². The molecular formula is C29H31N3O5S. The van der Waals surface area contributed by atoms with Crippen LogP contribution in [-0.2, 0) is 21.0 Å². The van der Waals surface area contributed by atoms with Crippen LogP contribution in [-0.4, -0.2) is 41.8 Å². The van der Waals surface area contributed by atoms with Gasteiger partial charge in [-0.1, -0.05) is 61.9 Å². The zero-order valence-corrected chi connectivity index (χ0v) is 22.5. The van der Waals surface area contributed by atoms with Crippen molar-refractivity contribution in [2.75, 3.05) is 13.7 Å². The van der Waals surface area contributed by atoms with E-state index in [1.165, 1.54) is 23.8 Å². The van der Waals surface area contributed by atoms with Crippen LogP contribution in [0.2, 0.25) is 0 Å². The Morgan fingerprint density at radius 2 is 1.74 bits per heavy atom. The second-order valence-electron chi connectivity index (χ2n) is 9.01. The summed E-state index contributed by atoms with van der Waals surface area (Å²) in [6, 6.07) is 18.5. The highest BCUT2D eigenvalue weighted by Gasteiger charge is 2.32. The van der Waals surface area contributed by atoms with Crippen LogP contribution in [0.25, 0.3) is 11.1 Å². The summed E-state index contributed by atoms with van der Waals surface area (Å²) in [6.07, 6.45) is 3.63. The van der Waals surface area contributed by atoms with E-state index in [1.807, 2.05) is 56.3 Å².